The fourth-order valence-electron chi connectivity index (χ4n) is 1.17. The number of nitrogens with zero attached hydrogens (tertiary/aromatic N) is 1. The summed E-state index contributed by atoms with van der Waals surface area (Å²) in [5.74, 6) is 0.666. The van der Waals surface area contributed by atoms with Crippen molar-refractivity contribution in [2.45, 2.75) is 6.92 Å². The molecule has 0 spiro atoms. The predicted molar refractivity (Wildman–Crippen MR) is 54.0 cm³/mol. The normalized spacial score (nSPS) is 11.2. The molecule has 0 bridgehead atoms. The molecule has 0 fully saturated rings. The summed E-state index contributed by atoms with van der Waals surface area (Å²) >= 11 is 0. The number of fused-ring (bicyclic) bond motifs is 1. The van der Waals surface area contributed by atoms with E-state index in [-0.39, 0.29) is 0 Å². The summed E-state index contributed by atoms with van der Waals surface area (Å²) in [5.41, 5.74) is 3.66. The molecule has 3 heteroatoms. The van der Waals surface area contributed by atoms with E-state index in [9.17, 15) is 0 Å². The Balaban J connectivity index is 2.38. The number of furan rings is 1. The highest BCUT2D eigenvalue weighted by molar-refractivity contribution is 5.80. The lowest BCUT2D eigenvalue weighted by Gasteiger charge is -1.89. The molecular formula is C10H10N2O. The van der Waals surface area contributed by atoms with Gasteiger partial charge < -0.3 is 4.42 Å². The van der Waals surface area contributed by atoms with E-state index < -0.39 is 0 Å². The van der Waals surface area contributed by atoms with Gasteiger partial charge in [0.15, 0.2) is 0 Å². The summed E-state index contributed by atoms with van der Waals surface area (Å²) in [5, 5.41) is 4.95. The minimum atomic E-state index is 0.666. The van der Waals surface area contributed by atoms with Gasteiger partial charge in [-0.3, -0.25) is 0 Å². The minimum absolute atomic E-state index is 0.666. The van der Waals surface area contributed by atoms with Gasteiger partial charge in [0.25, 0.3) is 0 Å². The van der Waals surface area contributed by atoms with Crippen LogP contribution in [0.4, 0.5) is 5.88 Å². The van der Waals surface area contributed by atoms with Crippen LogP contribution < -0.4 is 5.43 Å². The van der Waals surface area contributed by atoms with Crippen molar-refractivity contribution < 1.29 is 4.42 Å². The van der Waals surface area contributed by atoms with Crippen LogP contribution >= 0.6 is 0 Å². The van der Waals surface area contributed by atoms with E-state index in [0.29, 0.717) is 5.88 Å². The molecular weight excluding hydrogens is 164 g/mol. The second-order valence-electron chi connectivity index (χ2n) is 2.65. The molecule has 3 nitrogen and oxygen atoms in total. The third-order valence-corrected chi connectivity index (χ3v) is 1.73. The molecule has 0 aliphatic carbocycles. The second-order valence-corrected chi connectivity index (χ2v) is 2.65. The Hall–Kier alpha value is -1.77. The van der Waals surface area contributed by atoms with Crippen LogP contribution in [0.3, 0.4) is 0 Å². The van der Waals surface area contributed by atoms with Crippen molar-refractivity contribution in [2.75, 3.05) is 5.43 Å². The molecule has 13 heavy (non-hydrogen) atoms. The van der Waals surface area contributed by atoms with Gasteiger partial charge in [-0.15, -0.1) is 0 Å². The number of nitrogens with one attached hydrogen (secondary N) is 1. The summed E-state index contributed by atoms with van der Waals surface area (Å²) in [6.45, 7) is 1.84. The Morgan fingerprint density at radius 3 is 3.00 bits per heavy atom. The topological polar surface area (TPSA) is 37.5 Å². The van der Waals surface area contributed by atoms with Crippen molar-refractivity contribution >= 4 is 23.1 Å². The largest absolute Gasteiger partial charge is 0.439 e. The standard InChI is InChI=1S/C10H10N2O/c1-2-11-12-10-7-8-5-3-4-6-9(8)13-10/h2-7,12H,1H3/b11-2+. The molecule has 1 aromatic heterocycles. The van der Waals surface area contributed by atoms with Gasteiger partial charge in [-0.25, -0.2) is 5.43 Å². The molecule has 0 radical (unpaired) electrons. The summed E-state index contributed by atoms with van der Waals surface area (Å²) in [6.07, 6.45) is 1.67. The van der Waals surface area contributed by atoms with Crippen LogP contribution in [-0.4, -0.2) is 6.21 Å². The average Bonchev–Trinajstić information content (AvgIpc) is 2.57. The van der Waals surface area contributed by atoms with Crippen molar-refractivity contribution in [1.29, 1.82) is 0 Å². The zero-order chi connectivity index (χ0) is 9.10. The van der Waals surface area contributed by atoms with Crippen molar-refractivity contribution in [1.82, 2.24) is 0 Å². The number of hydrogen-bond donors (Lipinski definition) is 1. The van der Waals surface area contributed by atoms with E-state index in [1.165, 1.54) is 0 Å². The van der Waals surface area contributed by atoms with Crippen LogP contribution in [-0.2, 0) is 0 Å². The monoisotopic (exact) mass is 174 g/mol. The Labute approximate surface area is 76.1 Å². The molecule has 0 unspecified atom stereocenters. The van der Waals surface area contributed by atoms with Crippen LogP contribution in [0, 0.1) is 0 Å². The van der Waals surface area contributed by atoms with Gasteiger partial charge in [0.1, 0.15) is 5.58 Å². The van der Waals surface area contributed by atoms with Gasteiger partial charge in [-0.05, 0) is 13.0 Å². The Morgan fingerprint density at radius 2 is 2.23 bits per heavy atom. The SMILES string of the molecule is C/C=N/Nc1cc2ccccc2o1. The third-order valence-electron chi connectivity index (χ3n) is 1.73. The first-order valence-electron chi connectivity index (χ1n) is 4.12. The number of rotatable bonds is 2. The van der Waals surface area contributed by atoms with Crippen molar-refractivity contribution in [2.24, 2.45) is 5.10 Å². The van der Waals surface area contributed by atoms with Crippen LogP contribution in [0.25, 0.3) is 11.0 Å². The first-order valence-corrected chi connectivity index (χ1v) is 4.12. The average molecular weight is 174 g/mol. The van der Waals surface area contributed by atoms with Crippen LogP contribution in [0.5, 0.6) is 0 Å². The third kappa shape index (κ3) is 1.54. The molecule has 0 atom stereocenters. The quantitative estimate of drug-likeness (QED) is 0.561. The first kappa shape index (κ1) is 7.86. The summed E-state index contributed by atoms with van der Waals surface area (Å²) in [7, 11) is 0. The second kappa shape index (κ2) is 3.31. The Morgan fingerprint density at radius 1 is 1.38 bits per heavy atom. The van der Waals surface area contributed by atoms with Crippen molar-refractivity contribution in [3.63, 3.8) is 0 Å². The van der Waals surface area contributed by atoms with E-state index in [1.807, 2.05) is 37.3 Å². The zero-order valence-electron chi connectivity index (χ0n) is 7.32. The molecule has 2 rings (SSSR count). The molecule has 1 aromatic carbocycles. The maximum atomic E-state index is 5.45. The Kier molecular flexibility index (Phi) is 2.00. The molecule has 66 valence electrons. The molecule has 2 aromatic rings. The Bertz CT molecular complexity index is 398. The fraction of sp³-hybridized carbons (Fsp3) is 0.100. The van der Waals surface area contributed by atoms with E-state index in [0.717, 1.165) is 11.0 Å². The van der Waals surface area contributed by atoms with E-state index in [2.05, 4.69) is 10.5 Å². The fourth-order valence-corrected chi connectivity index (χ4v) is 1.17. The number of para-hydroxylation sites is 1. The highest BCUT2D eigenvalue weighted by Gasteiger charge is 1.99. The van der Waals surface area contributed by atoms with Crippen LogP contribution in [0.1, 0.15) is 6.92 Å². The molecule has 0 saturated heterocycles. The minimum Gasteiger partial charge on any atom is -0.439 e. The van der Waals surface area contributed by atoms with Gasteiger partial charge in [0.05, 0.1) is 0 Å². The van der Waals surface area contributed by atoms with Crippen molar-refractivity contribution in [3.05, 3.63) is 30.3 Å². The highest BCUT2D eigenvalue weighted by Crippen LogP contribution is 2.22. The zero-order valence-corrected chi connectivity index (χ0v) is 7.32. The summed E-state index contributed by atoms with van der Waals surface area (Å²) in [4.78, 5) is 0. The highest BCUT2D eigenvalue weighted by atomic mass is 16.4. The van der Waals surface area contributed by atoms with Crippen molar-refractivity contribution in [3.8, 4) is 0 Å². The van der Waals surface area contributed by atoms with E-state index >= 15 is 0 Å². The molecule has 0 amide bonds. The smallest absolute Gasteiger partial charge is 0.214 e. The van der Waals surface area contributed by atoms with Crippen LogP contribution in [0.15, 0.2) is 39.9 Å². The molecule has 1 N–H and O–H groups in total. The number of benzene rings is 1. The predicted octanol–water partition coefficient (Wildman–Crippen LogP) is 2.85. The molecule has 1 heterocycles. The van der Waals surface area contributed by atoms with Gasteiger partial charge in [-0.1, -0.05) is 18.2 Å². The van der Waals surface area contributed by atoms with Gasteiger partial charge in [0, 0.05) is 17.7 Å². The molecule has 0 aliphatic rings. The summed E-state index contributed by atoms with van der Waals surface area (Å²) in [6, 6.07) is 9.77. The maximum absolute atomic E-state index is 5.45. The maximum Gasteiger partial charge on any atom is 0.214 e. The number of hydrogen-bond acceptors (Lipinski definition) is 3. The van der Waals surface area contributed by atoms with E-state index in [1.54, 1.807) is 6.21 Å². The summed E-state index contributed by atoms with van der Waals surface area (Å²) < 4.78 is 5.45. The van der Waals surface area contributed by atoms with Gasteiger partial charge >= 0.3 is 0 Å². The first-order chi connectivity index (χ1) is 6.40. The van der Waals surface area contributed by atoms with E-state index in [4.69, 9.17) is 4.42 Å². The lowest BCUT2D eigenvalue weighted by molar-refractivity contribution is 0.629. The number of anilines is 1. The molecule has 0 aliphatic heterocycles. The van der Waals surface area contributed by atoms with Crippen LogP contribution in [0.2, 0.25) is 0 Å². The lowest BCUT2D eigenvalue weighted by Crippen LogP contribution is -1.83. The lowest BCUT2D eigenvalue weighted by atomic mass is 10.3. The van der Waals surface area contributed by atoms with Gasteiger partial charge in [0.2, 0.25) is 5.88 Å². The number of hydrazone groups is 1. The molecule has 0 saturated carbocycles. The van der Waals surface area contributed by atoms with Gasteiger partial charge in [-0.2, -0.15) is 5.10 Å².